The van der Waals surface area contributed by atoms with Gasteiger partial charge in [-0.25, -0.2) is 4.98 Å². The van der Waals surface area contributed by atoms with Gasteiger partial charge in [0.25, 0.3) is 0 Å². The van der Waals surface area contributed by atoms with Crippen molar-refractivity contribution < 1.29 is 0 Å². The number of aromatic nitrogens is 1. The van der Waals surface area contributed by atoms with E-state index < -0.39 is 0 Å². The van der Waals surface area contributed by atoms with Crippen molar-refractivity contribution in [2.24, 2.45) is 0 Å². The molecule has 0 aromatic carbocycles. The zero-order valence-electron chi connectivity index (χ0n) is 13.3. The molecule has 0 spiro atoms. The molecule has 1 saturated heterocycles. The number of rotatable bonds is 6. The fraction of sp³-hybridized carbons (Fsp3) is 0.800. The van der Waals surface area contributed by atoms with E-state index in [1.54, 1.807) is 0 Å². The minimum absolute atomic E-state index is 0.425. The topological polar surface area (TPSA) is 31.4 Å². The van der Waals surface area contributed by atoms with Gasteiger partial charge in [-0.05, 0) is 47.3 Å². The van der Waals surface area contributed by atoms with Gasteiger partial charge in [0.05, 0.1) is 10.7 Å². The molecule has 1 atom stereocenters. The van der Waals surface area contributed by atoms with Gasteiger partial charge in [0.1, 0.15) is 0 Å². The van der Waals surface area contributed by atoms with Crippen molar-refractivity contribution in [3.8, 4) is 0 Å². The molecule has 1 aliphatic rings. The minimum Gasteiger partial charge on any atom is -0.309 e. The average molecular weight is 296 g/mol. The van der Waals surface area contributed by atoms with Gasteiger partial charge in [-0.3, -0.25) is 0 Å². The van der Waals surface area contributed by atoms with Gasteiger partial charge in [-0.15, -0.1) is 11.3 Å². The number of hydrogen-bond acceptors (Lipinski definition) is 5. The molecule has 5 heteroatoms. The first-order valence-electron chi connectivity index (χ1n) is 7.64. The molecule has 4 nitrogen and oxygen atoms in total. The van der Waals surface area contributed by atoms with Crippen molar-refractivity contribution in [2.75, 3.05) is 46.3 Å². The average Bonchev–Trinajstić information content (AvgIpc) is 2.75. The predicted molar refractivity (Wildman–Crippen MR) is 86.6 cm³/mol. The zero-order chi connectivity index (χ0) is 14.5. The highest BCUT2D eigenvalue weighted by Gasteiger charge is 2.14. The molecule has 0 bridgehead atoms. The fourth-order valence-corrected chi connectivity index (χ4v) is 3.69. The first kappa shape index (κ1) is 15.9. The molecule has 0 saturated carbocycles. The third-order valence-corrected chi connectivity index (χ3v) is 5.29. The van der Waals surface area contributed by atoms with Gasteiger partial charge >= 0.3 is 0 Å². The van der Waals surface area contributed by atoms with E-state index in [0.717, 1.165) is 6.54 Å². The van der Waals surface area contributed by atoms with E-state index in [4.69, 9.17) is 0 Å². The Morgan fingerprint density at radius 2 is 1.95 bits per heavy atom. The first-order chi connectivity index (χ1) is 9.56. The summed E-state index contributed by atoms with van der Waals surface area (Å²) in [5.74, 6) is 0. The Balaban J connectivity index is 1.64. The second-order valence-electron chi connectivity index (χ2n) is 5.86. The van der Waals surface area contributed by atoms with Crippen LogP contribution in [0.2, 0.25) is 0 Å². The van der Waals surface area contributed by atoms with Crippen LogP contribution in [0.5, 0.6) is 0 Å². The molecule has 1 aromatic heterocycles. The van der Waals surface area contributed by atoms with Crippen LogP contribution in [-0.4, -0.2) is 61.1 Å². The van der Waals surface area contributed by atoms with E-state index in [0.29, 0.717) is 6.04 Å². The number of piperazine rings is 1. The lowest BCUT2D eigenvalue weighted by Crippen LogP contribution is -2.45. The van der Waals surface area contributed by atoms with Crippen LogP contribution < -0.4 is 5.32 Å². The van der Waals surface area contributed by atoms with E-state index in [-0.39, 0.29) is 0 Å². The molecular weight excluding hydrogens is 268 g/mol. The van der Waals surface area contributed by atoms with Crippen LogP contribution in [0.15, 0.2) is 0 Å². The number of hydrogen-bond donors (Lipinski definition) is 1. The van der Waals surface area contributed by atoms with Crippen molar-refractivity contribution in [3.05, 3.63) is 15.6 Å². The molecule has 1 N–H and O–H groups in total. The van der Waals surface area contributed by atoms with Crippen LogP contribution in [0.3, 0.4) is 0 Å². The quantitative estimate of drug-likeness (QED) is 0.814. The van der Waals surface area contributed by atoms with Crippen LogP contribution in [0.1, 0.15) is 35.0 Å². The molecule has 1 fully saturated rings. The molecule has 1 aromatic rings. The summed E-state index contributed by atoms with van der Waals surface area (Å²) in [6.45, 7) is 13.6. The highest BCUT2D eigenvalue weighted by molar-refractivity contribution is 7.11. The van der Waals surface area contributed by atoms with Gasteiger partial charge in [0.15, 0.2) is 0 Å². The molecule has 2 heterocycles. The van der Waals surface area contributed by atoms with E-state index in [2.05, 4.69) is 47.9 Å². The van der Waals surface area contributed by atoms with Gasteiger partial charge in [-0.1, -0.05) is 0 Å². The zero-order valence-corrected chi connectivity index (χ0v) is 14.1. The Kier molecular flexibility index (Phi) is 5.96. The number of aryl methyl sites for hydroxylation is 2. The maximum Gasteiger partial charge on any atom is 0.0900 e. The monoisotopic (exact) mass is 296 g/mol. The summed E-state index contributed by atoms with van der Waals surface area (Å²) in [4.78, 5) is 10.9. The summed E-state index contributed by atoms with van der Waals surface area (Å²) in [5.41, 5.74) is 1.19. The Bertz CT molecular complexity index is 410. The molecule has 114 valence electrons. The van der Waals surface area contributed by atoms with Crippen molar-refractivity contribution >= 4 is 11.3 Å². The lowest BCUT2D eigenvalue weighted by molar-refractivity contribution is 0.152. The van der Waals surface area contributed by atoms with Crippen molar-refractivity contribution in [3.63, 3.8) is 0 Å². The number of thiazole rings is 1. The summed E-state index contributed by atoms with van der Waals surface area (Å²) < 4.78 is 0. The second-order valence-corrected chi connectivity index (χ2v) is 7.09. The predicted octanol–water partition coefficient (Wildman–Crippen LogP) is 2.05. The van der Waals surface area contributed by atoms with Crippen LogP contribution >= 0.6 is 11.3 Å². The van der Waals surface area contributed by atoms with Crippen molar-refractivity contribution in [1.29, 1.82) is 0 Å². The highest BCUT2D eigenvalue weighted by Crippen LogP contribution is 2.24. The Labute approximate surface area is 127 Å². The second kappa shape index (κ2) is 7.50. The van der Waals surface area contributed by atoms with E-state index in [9.17, 15) is 0 Å². The lowest BCUT2D eigenvalue weighted by atomic mass is 10.2. The molecule has 20 heavy (non-hydrogen) atoms. The Morgan fingerprint density at radius 1 is 1.25 bits per heavy atom. The van der Waals surface area contributed by atoms with Gasteiger partial charge < -0.3 is 15.1 Å². The van der Waals surface area contributed by atoms with Gasteiger partial charge in [0.2, 0.25) is 0 Å². The van der Waals surface area contributed by atoms with Gasteiger partial charge in [-0.2, -0.15) is 0 Å². The minimum atomic E-state index is 0.425. The van der Waals surface area contributed by atoms with E-state index >= 15 is 0 Å². The standard InChI is InChI=1S/C15H28N4S/c1-12(15-13(2)17-14(3)20-15)16-6-5-7-19-10-8-18(4)9-11-19/h12,16H,5-11H2,1-4H3. The Morgan fingerprint density at radius 3 is 2.55 bits per heavy atom. The summed E-state index contributed by atoms with van der Waals surface area (Å²) in [7, 11) is 2.21. The first-order valence-corrected chi connectivity index (χ1v) is 8.46. The molecule has 1 unspecified atom stereocenters. The molecule has 0 aliphatic carbocycles. The highest BCUT2D eigenvalue weighted by atomic mass is 32.1. The number of nitrogens with one attached hydrogen (secondary N) is 1. The molecule has 0 amide bonds. The summed E-state index contributed by atoms with van der Waals surface area (Å²) >= 11 is 1.82. The van der Waals surface area contributed by atoms with Crippen LogP contribution in [0.25, 0.3) is 0 Å². The van der Waals surface area contributed by atoms with E-state index in [1.165, 1.54) is 54.7 Å². The third kappa shape index (κ3) is 4.52. The molecular formula is C15H28N4S. The van der Waals surface area contributed by atoms with Crippen LogP contribution in [-0.2, 0) is 0 Å². The van der Waals surface area contributed by atoms with E-state index in [1.807, 2.05) is 11.3 Å². The number of nitrogens with zero attached hydrogens (tertiary/aromatic N) is 3. The van der Waals surface area contributed by atoms with Gasteiger partial charge in [0, 0.05) is 37.1 Å². The van der Waals surface area contributed by atoms with Crippen LogP contribution in [0, 0.1) is 13.8 Å². The maximum absolute atomic E-state index is 4.51. The molecule has 1 aliphatic heterocycles. The largest absolute Gasteiger partial charge is 0.309 e. The smallest absolute Gasteiger partial charge is 0.0900 e. The van der Waals surface area contributed by atoms with Crippen molar-refractivity contribution in [1.82, 2.24) is 20.1 Å². The SMILES string of the molecule is Cc1nc(C)c(C(C)NCCCN2CCN(C)CC2)s1. The third-order valence-electron chi connectivity index (χ3n) is 4.03. The summed E-state index contributed by atoms with van der Waals surface area (Å²) in [6.07, 6.45) is 1.23. The maximum atomic E-state index is 4.51. The number of likely N-dealkylation sites (N-methyl/N-ethyl adjacent to an activating group) is 1. The summed E-state index contributed by atoms with van der Waals surface area (Å²) in [5, 5.41) is 4.80. The summed E-state index contributed by atoms with van der Waals surface area (Å²) in [6, 6.07) is 0.425. The van der Waals surface area contributed by atoms with Crippen molar-refractivity contribution in [2.45, 2.75) is 33.2 Å². The normalized spacial score (nSPS) is 19.4. The van der Waals surface area contributed by atoms with Crippen LogP contribution in [0.4, 0.5) is 0 Å². The fourth-order valence-electron chi connectivity index (χ4n) is 2.73. The lowest BCUT2D eigenvalue weighted by Gasteiger charge is -2.32. The Hall–Kier alpha value is -0.490. The molecule has 0 radical (unpaired) electrons. The molecule has 2 rings (SSSR count).